The van der Waals surface area contributed by atoms with Crippen LogP contribution in [0.25, 0.3) is 11.2 Å². The number of aromatic nitrogens is 3. The topological polar surface area (TPSA) is 30.7 Å². The van der Waals surface area contributed by atoms with Crippen LogP contribution in [0, 0.1) is 5.92 Å². The highest BCUT2D eigenvalue weighted by Crippen LogP contribution is 2.38. The molecule has 1 saturated carbocycles. The molecule has 108 valence electrons. The standard InChI is InChI=1S/C15H19Cl2N3/c1-2-10-5-3-4-6-13(10)20-14(8-16)19-12-7-11(17)9-18-15(12)20/h7,9-10,13H,2-6,8H2,1H3. The molecule has 2 atom stereocenters. The summed E-state index contributed by atoms with van der Waals surface area (Å²) >= 11 is 12.1. The van der Waals surface area contributed by atoms with Gasteiger partial charge in [-0.25, -0.2) is 9.97 Å². The molecule has 2 unspecified atom stereocenters. The van der Waals surface area contributed by atoms with Gasteiger partial charge in [-0.3, -0.25) is 0 Å². The number of rotatable bonds is 3. The largest absolute Gasteiger partial charge is 0.308 e. The molecule has 1 aliphatic rings. The molecule has 1 fully saturated rings. The Morgan fingerprint density at radius 2 is 2.15 bits per heavy atom. The molecule has 3 nitrogen and oxygen atoms in total. The summed E-state index contributed by atoms with van der Waals surface area (Å²) in [4.78, 5) is 9.12. The van der Waals surface area contributed by atoms with E-state index in [1.165, 1.54) is 32.1 Å². The van der Waals surface area contributed by atoms with Crippen molar-refractivity contribution in [2.45, 2.75) is 50.9 Å². The number of hydrogen-bond donors (Lipinski definition) is 0. The zero-order valence-corrected chi connectivity index (χ0v) is 13.2. The number of pyridine rings is 1. The minimum Gasteiger partial charge on any atom is -0.308 e. The SMILES string of the molecule is CCC1CCCCC1n1c(CCl)nc2cc(Cl)cnc21. The van der Waals surface area contributed by atoms with E-state index in [1.807, 2.05) is 6.07 Å². The Morgan fingerprint density at radius 1 is 1.35 bits per heavy atom. The highest BCUT2D eigenvalue weighted by Gasteiger charge is 2.28. The second kappa shape index (κ2) is 5.90. The summed E-state index contributed by atoms with van der Waals surface area (Å²) in [5.74, 6) is 2.03. The predicted octanol–water partition coefficient (Wildman–Crippen LogP) is 4.96. The number of hydrogen-bond acceptors (Lipinski definition) is 2. The van der Waals surface area contributed by atoms with E-state index in [4.69, 9.17) is 23.2 Å². The molecule has 20 heavy (non-hydrogen) atoms. The van der Waals surface area contributed by atoms with E-state index in [-0.39, 0.29) is 0 Å². The fourth-order valence-electron chi connectivity index (χ4n) is 3.45. The van der Waals surface area contributed by atoms with E-state index >= 15 is 0 Å². The van der Waals surface area contributed by atoms with Gasteiger partial charge in [0.05, 0.1) is 10.9 Å². The summed E-state index contributed by atoms with van der Waals surface area (Å²) < 4.78 is 2.27. The van der Waals surface area contributed by atoms with Crippen LogP contribution in [0.4, 0.5) is 0 Å². The van der Waals surface area contributed by atoms with Crippen molar-refractivity contribution in [3.8, 4) is 0 Å². The Kier molecular flexibility index (Phi) is 4.18. The first-order valence-electron chi connectivity index (χ1n) is 7.33. The summed E-state index contributed by atoms with van der Waals surface area (Å²) in [6, 6.07) is 2.35. The Bertz CT molecular complexity index is 608. The van der Waals surface area contributed by atoms with Crippen molar-refractivity contribution in [1.82, 2.24) is 14.5 Å². The van der Waals surface area contributed by atoms with Gasteiger partial charge in [-0.2, -0.15) is 0 Å². The number of fused-ring (bicyclic) bond motifs is 1. The van der Waals surface area contributed by atoms with Crippen LogP contribution in [0.15, 0.2) is 12.3 Å². The van der Waals surface area contributed by atoms with E-state index in [0.717, 1.165) is 17.0 Å². The Hall–Kier alpha value is -0.800. The zero-order valence-electron chi connectivity index (χ0n) is 11.6. The van der Waals surface area contributed by atoms with Crippen molar-refractivity contribution in [2.24, 2.45) is 5.92 Å². The van der Waals surface area contributed by atoms with E-state index in [2.05, 4.69) is 21.5 Å². The molecule has 0 bridgehead atoms. The van der Waals surface area contributed by atoms with Crippen LogP contribution >= 0.6 is 23.2 Å². The predicted molar refractivity (Wildman–Crippen MR) is 83.4 cm³/mol. The maximum atomic E-state index is 6.11. The molecule has 0 amide bonds. The molecule has 0 radical (unpaired) electrons. The summed E-state index contributed by atoms with van der Waals surface area (Å²) in [6.45, 7) is 2.27. The normalized spacial score (nSPS) is 23.4. The quantitative estimate of drug-likeness (QED) is 0.750. The lowest BCUT2D eigenvalue weighted by Gasteiger charge is -2.33. The van der Waals surface area contributed by atoms with E-state index in [1.54, 1.807) is 6.20 Å². The first kappa shape index (κ1) is 14.2. The van der Waals surface area contributed by atoms with Crippen LogP contribution in [0.1, 0.15) is 50.9 Å². The average molecular weight is 312 g/mol. The van der Waals surface area contributed by atoms with E-state index in [0.29, 0.717) is 22.9 Å². The molecule has 2 aromatic rings. The van der Waals surface area contributed by atoms with Gasteiger partial charge in [-0.15, -0.1) is 11.6 Å². The minimum absolute atomic E-state index is 0.418. The minimum atomic E-state index is 0.418. The lowest BCUT2D eigenvalue weighted by molar-refractivity contribution is 0.233. The average Bonchev–Trinajstić information content (AvgIpc) is 2.84. The third-order valence-corrected chi connectivity index (χ3v) is 4.86. The van der Waals surface area contributed by atoms with Crippen molar-refractivity contribution in [1.29, 1.82) is 0 Å². The third-order valence-electron chi connectivity index (χ3n) is 4.41. The highest BCUT2D eigenvalue weighted by molar-refractivity contribution is 6.31. The second-order valence-electron chi connectivity index (χ2n) is 5.55. The number of halogens is 2. The smallest absolute Gasteiger partial charge is 0.160 e. The fourth-order valence-corrected chi connectivity index (χ4v) is 3.79. The van der Waals surface area contributed by atoms with Crippen molar-refractivity contribution in [3.63, 3.8) is 0 Å². The monoisotopic (exact) mass is 311 g/mol. The maximum absolute atomic E-state index is 6.11. The van der Waals surface area contributed by atoms with E-state index in [9.17, 15) is 0 Å². The Morgan fingerprint density at radius 3 is 2.90 bits per heavy atom. The summed E-state index contributed by atoms with van der Waals surface area (Å²) in [5, 5.41) is 0.624. The van der Waals surface area contributed by atoms with Crippen molar-refractivity contribution < 1.29 is 0 Å². The number of nitrogens with zero attached hydrogens (tertiary/aromatic N) is 3. The second-order valence-corrected chi connectivity index (χ2v) is 6.25. The van der Waals surface area contributed by atoms with Gasteiger partial charge in [0.15, 0.2) is 5.65 Å². The maximum Gasteiger partial charge on any atom is 0.160 e. The first-order valence-corrected chi connectivity index (χ1v) is 8.24. The summed E-state index contributed by atoms with van der Waals surface area (Å²) in [5.41, 5.74) is 1.78. The van der Waals surface area contributed by atoms with Gasteiger partial charge in [0, 0.05) is 12.2 Å². The number of alkyl halides is 1. The van der Waals surface area contributed by atoms with Gasteiger partial charge in [0.1, 0.15) is 11.3 Å². The molecule has 2 aromatic heterocycles. The highest BCUT2D eigenvalue weighted by atomic mass is 35.5. The number of imidazole rings is 1. The van der Waals surface area contributed by atoms with Gasteiger partial charge in [0.2, 0.25) is 0 Å². The zero-order chi connectivity index (χ0) is 14.1. The lowest BCUT2D eigenvalue weighted by Crippen LogP contribution is -2.24. The molecule has 0 aliphatic heterocycles. The molecule has 3 rings (SSSR count). The van der Waals surface area contributed by atoms with Crippen LogP contribution in [-0.4, -0.2) is 14.5 Å². The molecule has 2 heterocycles. The van der Waals surface area contributed by atoms with E-state index < -0.39 is 0 Å². The molecule has 0 saturated heterocycles. The van der Waals surface area contributed by atoms with Crippen LogP contribution in [0.3, 0.4) is 0 Å². The van der Waals surface area contributed by atoms with Gasteiger partial charge >= 0.3 is 0 Å². The Balaban J connectivity index is 2.13. The van der Waals surface area contributed by atoms with Crippen LogP contribution in [0.5, 0.6) is 0 Å². The third kappa shape index (κ3) is 2.42. The first-order chi connectivity index (χ1) is 9.74. The molecule has 1 aliphatic carbocycles. The molecule has 0 spiro atoms. The van der Waals surface area contributed by atoms with Crippen LogP contribution < -0.4 is 0 Å². The van der Waals surface area contributed by atoms with Crippen molar-refractivity contribution >= 4 is 34.4 Å². The van der Waals surface area contributed by atoms with Gasteiger partial charge in [-0.1, -0.05) is 37.8 Å². The van der Waals surface area contributed by atoms with Gasteiger partial charge in [0.25, 0.3) is 0 Å². The molecule has 5 heteroatoms. The molecular formula is C15H19Cl2N3. The lowest BCUT2D eigenvalue weighted by atomic mass is 9.82. The Labute approximate surface area is 129 Å². The summed E-state index contributed by atoms with van der Waals surface area (Å²) in [6.07, 6.45) is 7.98. The van der Waals surface area contributed by atoms with Crippen molar-refractivity contribution in [3.05, 3.63) is 23.1 Å². The van der Waals surface area contributed by atoms with Crippen LogP contribution in [0.2, 0.25) is 5.02 Å². The fraction of sp³-hybridized carbons (Fsp3) is 0.600. The van der Waals surface area contributed by atoms with Gasteiger partial charge < -0.3 is 4.57 Å². The summed E-state index contributed by atoms with van der Waals surface area (Å²) in [7, 11) is 0. The van der Waals surface area contributed by atoms with Gasteiger partial charge in [-0.05, 0) is 24.8 Å². The molecular weight excluding hydrogens is 293 g/mol. The molecule has 0 aromatic carbocycles. The molecule has 0 N–H and O–H groups in total. The van der Waals surface area contributed by atoms with Crippen molar-refractivity contribution in [2.75, 3.05) is 0 Å². The van der Waals surface area contributed by atoms with Crippen LogP contribution in [-0.2, 0) is 5.88 Å².